The fourth-order valence-electron chi connectivity index (χ4n) is 4.84. The molecule has 106 heavy (non-hydrogen) atoms. The van der Waals surface area contributed by atoms with E-state index in [1.54, 1.807) is 98.7 Å². The zero-order chi connectivity index (χ0) is 79.6. The van der Waals surface area contributed by atoms with Gasteiger partial charge in [-0.15, -0.1) is 6.04 Å². The van der Waals surface area contributed by atoms with E-state index in [2.05, 4.69) is 238 Å². The second-order valence-corrected chi connectivity index (χ2v) is 23.1. The summed E-state index contributed by atoms with van der Waals surface area (Å²) in [6.45, 7) is 56.8. The van der Waals surface area contributed by atoms with Gasteiger partial charge in [-0.05, 0) is 127 Å². The molecule has 0 bridgehead atoms. The van der Waals surface area contributed by atoms with Gasteiger partial charge in [-0.3, -0.25) is 0 Å². The summed E-state index contributed by atoms with van der Waals surface area (Å²) in [5.74, 6) is 3.31. The molecule has 0 fully saturated rings. The molecule has 0 heterocycles. The van der Waals surface area contributed by atoms with Crippen LogP contribution in [0.5, 0.6) is 0 Å². The van der Waals surface area contributed by atoms with Gasteiger partial charge in [0.05, 0.1) is 0 Å². The minimum absolute atomic E-state index is 0. The van der Waals surface area contributed by atoms with Crippen LogP contribution in [0.4, 0.5) is 0 Å². The van der Waals surface area contributed by atoms with Crippen molar-refractivity contribution in [2.45, 2.75) is 214 Å². The van der Waals surface area contributed by atoms with Gasteiger partial charge in [0.25, 0.3) is 0 Å². The van der Waals surface area contributed by atoms with E-state index in [0.717, 1.165) is 115 Å². The molecule has 0 aliphatic carbocycles. The molecule has 0 spiro atoms. The normalized spacial score (nSPS) is 9.82. The van der Waals surface area contributed by atoms with Crippen LogP contribution in [0.3, 0.4) is 0 Å². The van der Waals surface area contributed by atoms with E-state index in [9.17, 15) is 0 Å². The van der Waals surface area contributed by atoms with Crippen molar-refractivity contribution < 1.29 is 109 Å². The Bertz CT molecular complexity index is 1370. The second-order valence-electron chi connectivity index (χ2n) is 23.1. The first-order valence-corrected chi connectivity index (χ1v) is 35.1. The van der Waals surface area contributed by atoms with Crippen molar-refractivity contribution in [1.82, 2.24) is 29.8 Å². The van der Waals surface area contributed by atoms with Gasteiger partial charge in [0.2, 0.25) is 0 Å². The van der Waals surface area contributed by atoms with Crippen molar-refractivity contribution in [3.05, 3.63) is 115 Å². The molecule has 0 aromatic carbocycles. The maximum atomic E-state index is 4.53. The summed E-state index contributed by atoms with van der Waals surface area (Å²) in [6, 6.07) is 2.41. The van der Waals surface area contributed by atoms with E-state index in [4.69, 9.17) is 0 Å². The molecule has 4 radical (unpaired) electrons. The average molecular weight is 1690 g/mol. The summed E-state index contributed by atoms with van der Waals surface area (Å²) in [5.41, 5.74) is 0. The molecular formula is C75H184N26Ti5-4. The predicted molar refractivity (Wildman–Crippen MR) is 480 cm³/mol. The van der Waals surface area contributed by atoms with Crippen molar-refractivity contribution in [2.24, 2.45) is 20.0 Å². The van der Waals surface area contributed by atoms with Crippen LogP contribution in [0.2, 0.25) is 0 Å². The van der Waals surface area contributed by atoms with Gasteiger partial charge < -0.3 is 165 Å². The van der Waals surface area contributed by atoms with Crippen molar-refractivity contribution >= 4 is 23.8 Å². The van der Waals surface area contributed by atoms with E-state index in [-0.39, 0.29) is 145 Å². The first kappa shape index (κ1) is 170. The largest absolute Gasteiger partial charge is 4.00 e. The summed E-state index contributed by atoms with van der Waals surface area (Å²) in [6.07, 6.45) is 2.40. The molecule has 0 rings (SSSR count). The third-order valence-electron chi connectivity index (χ3n) is 8.79. The molecule has 26 nitrogen and oxygen atoms in total. The molecule has 0 aromatic heterocycles. The number of nitrogens with one attached hydrogen (secondary N) is 1. The quantitative estimate of drug-likeness (QED) is 0.0219. The zero-order valence-electron chi connectivity index (χ0n) is 79.7. The van der Waals surface area contributed by atoms with Crippen LogP contribution in [0, 0.1) is 29.7 Å². The molecule has 1 unspecified atom stereocenters. The Hall–Kier alpha value is 0.0914. The molecule has 0 aliphatic rings. The number of guanidine groups is 4. The van der Waals surface area contributed by atoms with Gasteiger partial charge in [0.1, 0.15) is 0 Å². The minimum atomic E-state index is 0. The maximum Gasteiger partial charge on any atom is 4.00 e. The van der Waals surface area contributed by atoms with Gasteiger partial charge >= 0.3 is 109 Å². The molecule has 0 aliphatic heterocycles. The fraction of sp³-hybridized carbons (Fsp3) is 0.893. The summed E-state index contributed by atoms with van der Waals surface area (Å²) in [5, 5.41) is 66.4. The third kappa shape index (κ3) is 219. The van der Waals surface area contributed by atoms with Crippen LogP contribution in [0.1, 0.15) is 165 Å². The number of rotatable bonds is 26. The molecule has 0 amide bonds. The third-order valence-corrected chi connectivity index (χ3v) is 8.79. The van der Waals surface area contributed by atoms with Gasteiger partial charge in [-0.1, -0.05) is 165 Å². The van der Waals surface area contributed by atoms with Crippen LogP contribution in [-0.4, -0.2) is 338 Å². The molecule has 1 N–H and O–H groups in total. The number of nitrogens with zero attached hydrogens (tertiary/aromatic N) is 25. The molecule has 0 saturated heterocycles. The molecule has 1 atom stereocenters. The Morgan fingerprint density at radius 3 is 0.726 bits per heavy atom. The molecule has 638 valence electrons. The Kier molecular flexibility index (Phi) is 246. The van der Waals surface area contributed by atoms with Gasteiger partial charge in [0.15, 0.2) is 0 Å². The van der Waals surface area contributed by atoms with Crippen LogP contribution < -0.4 is 5.32 Å². The SMILES string of the molecule is CC(C)N=C([N-]C(C)C)N(C)C.CC(C)[N-]C(NC(C)C)N(C)C.CCN(C)C(=NC(C)C)[N-]C(C)C.CCN=C([N-]C)N(C)C.CC[N-]C.CC[N-]C.CC[N-]CCC[N-]CC.CC[N-]CCC[N-]CC.C[N-]C.C[N-]C.C[N-]C.C[N-]C.C[N-]C.C[N-]C(=NC(C)C)N(C)C.[CH3-].[CH3-].[CH3-].[CH3-].[Ti+3].[Ti+3].[Ti+3].[Ti+3].[Ti+4]. The standard InChI is InChI=1S/C10H22N3.C9H22N3.C9H20N3.C7H16N3.2C7H16N2.C6H14N3.2C3H8N.5C2H6N.4CH3.5Ti/c1-7-13(6)10(11-8(2)3)12-9(4)5;2*1-7(2)10-9(12(5)6)11-8(3)4;1-6(2)9-7(8-3)10(4)5;2*1-3-8-6-5-7-9-4-2;1-5-8-6(7-2)9(3)4;2*1-3-4-2;5*1-3-2;;;;;;;;;/h8-9H,7H2,1-6H3;7-10H,1-6H3;7-8H,1-6H3;6H,1-5H3;2*3-7H2,1-2H3;5H2,1-4H3;2*3H2,1-2H3;5*1-2H3;4*1H3;;;;;/q4*-1;2*-2;12*-1;4*+3;+4. The van der Waals surface area contributed by atoms with E-state index in [0.29, 0.717) is 42.3 Å². The topological polar surface area (TPSA) is 303 Å². The first-order chi connectivity index (χ1) is 45.4. The van der Waals surface area contributed by atoms with Crippen LogP contribution in [0.15, 0.2) is 20.0 Å². The Balaban J connectivity index is -0.0000000340. The smallest absolute Gasteiger partial charge is 0.668 e. The fourth-order valence-corrected chi connectivity index (χ4v) is 4.84. The molecular weight excluding hydrogens is 1500 g/mol. The van der Waals surface area contributed by atoms with Gasteiger partial charge in [-0.25, -0.2) is 0 Å². The second kappa shape index (κ2) is 154. The number of hydrogen-bond donors (Lipinski definition) is 1. The Morgan fingerprint density at radius 2 is 0.585 bits per heavy atom. The minimum Gasteiger partial charge on any atom is -0.668 e. The predicted octanol–water partition coefficient (Wildman–Crippen LogP) is 19.7. The van der Waals surface area contributed by atoms with E-state index < -0.39 is 0 Å². The van der Waals surface area contributed by atoms with E-state index >= 15 is 0 Å². The number of aliphatic imine (C=N–C) groups is 4. The van der Waals surface area contributed by atoms with Gasteiger partial charge in [-0.2, -0.15) is 150 Å². The first-order valence-electron chi connectivity index (χ1n) is 35.1. The molecule has 0 saturated carbocycles. The van der Waals surface area contributed by atoms with E-state index in [1.165, 1.54) is 0 Å². The van der Waals surface area contributed by atoms with Gasteiger partial charge in [0, 0.05) is 29.9 Å². The maximum absolute atomic E-state index is 4.53. The van der Waals surface area contributed by atoms with Crippen LogP contribution in [0.25, 0.3) is 85.1 Å². The zero-order valence-corrected chi connectivity index (χ0v) is 87.5. The Labute approximate surface area is 745 Å². The van der Waals surface area contributed by atoms with E-state index in [1.807, 2.05) is 113 Å². The van der Waals surface area contributed by atoms with Crippen molar-refractivity contribution in [1.29, 1.82) is 0 Å². The van der Waals surface area contributed by atoms with Crippen LogP contribution >= 0.6 is 0 Å². The monoisotopic (exact) mass is 1690 g/mol. The molecule has 0 aromatic rings. The van der Waals surface area contributed by atoms with Crippen molar-refractivity contribution in [3.63, 3.8) is 0 Å². The van der Waals surface area contributed by atoms with Crippen LogP contribution in [-0.2, 0) is 109 Å². The van der Waals surface area contributed by atoms with Crippen molar-refractivity contribution in [2.75, 3.05) is 241 Å². The summed E-state index contributed by atoms with van der Waals surface area (Å²) in [4.78, 5) is 27.1. The molecule has 31 heteroatoms. The summed E-state index contributed by atoms with van der Waals surface area (Å²) < 4.78 is 0. The summed E-state index contributed by atoms with van der Waals surface area (Å²) in [7, 11) is 42.4. The number of hydrogen-bond acceptors (Lipinski definition) is 6. The van der Waals surface area contributed by atoms with Crippen molar-refractivity contribution in [3.8, 4) is 0 Å². The Morgan fingerprint density at radius 1 is 0.349 bits per heavy atom. The summed E-state index contributed by atoms with van der Waals surface area (Å²) >= 11 is 0. The average Bonchev–Trinajstić information content (AvgIpc) is 0.965.